The Morgan fingerprint density at radius 3 is 2.36 bits per heavy atom. The first kappa shape index (κ1) is 27.4. The van der Waals surface area contributed by atoms with Crippen molar-refractivity contribution >= 4 is 0 Å². The lowest BCUT2D eigenvalue weighted by Crippen LogP contribution is -2.46. The molecule has 7 heteroatoms. The molecule has 39 heavy (non-hydrogen) atoms. The maximum Gasteiger partial charge on any atom is 0.120 e. The molecule has 3 aliphatic heterocycles. The molecule has 1 aromatic heterocycles. The number of ether oxygens (including phenoxy) is 1. The van der Waals surface area contributed by atoms with E-state index in [4.69, 9.17) is 4.74 Å². The fourth-order valence-corrected chi connectivity index (χ4v) is 7.56. The average Bonchev–Trinajstić information content (AvgIpc) is 3.64. The largest absolute Gasteiger partial charge is 0.379 e. The Kier molecular flexibility index (Phi) is 9.32. The molecule has 1 spiro atoms. The van der Waals surface area contributed by atoms with Crippen LogP contribution in [-0.2, 0) is 24.4 Å². The number of aromatic amines is 1. The summed E-state index contributed by atoms with van der Waals surface area (Å²) in [6.07, 6.45) is 15.3. The zero-order valence-electron chi connectivity index (χ0n) is 24.0. The molecule has 3 saturated heterocycles. The second kappa shape index (κ2) is 13.3. The minimum absolute atomic E-state index is 0.581. The first-order valence-electron chi connectivity index (χ1n) is 15.8. The third-order valence-electron chi connectivity index (χ3n) is 10.1. The van der Waals surface area contributed by atoms with Crippen LogP contribution in [0.25, 0.3) is 0 Å². The second-order valence-electron chi connectivity index (χ2n) is 12.8. The lowest BCUT2D eigenvalue weighted by molar-refractivity contribution is 0.0323. The van der Waals surface area contributed by atoms with Crippen LogP contribution in [0, 0.1) is 5.41 Å². The van der Waals surface area contributed by atoms with Crippen molar-refractivity contribution < 1.29 is 4.74 Å². The first-order chi connectivity index (χ1) is 19.2. The zero-order chi connectivity index (χ0) is 26.3. The number of rotatable bonds is 10. The smallest absolute Gasteiger partial charge is 0.120 e. The van der Waals surface area contributed by atoms with E-state index in [1.807, 2.05) is 12.4 Å². The number of hydrogen-bond donors (Lipinski definition) is 1. The van der Waals surface area contributed by atoms with Gasteiger partial charge in [0.1, 0.15) is 5.82 Å². The predicted octanol–water partition coefficient (Wildman–Crippen LogP) is 4.36. The molecule has 1 saturated carbocycles. The van der Waals surface area contributed by atoms with Crippen LogP contribution in [-0.4, -0.2) is 101 Å². The zero-order valence-corrected chi connectivity index (χ0v) is 24.0. The lowest BCUT2D eigenvalue weighted by Gasteiger charge is -2.43. The predicted molar refractivity (Wildman–Crippen MR) is 156 cm³/mol. The molecule has 7 nitrogen and oxygen atoms in total. The molecule has 6 rings (SSSR count). The van der Waals surface area contributed by atoms with Gasteiger partial charge in [0.05, 0.1) is 19.8 Å². The topological polar surface area (TPSA) is 50.9 Å². The minimum Gasteiger partial charge on any atom is -0.379 e. The maximum absolute atomic E-state index is 5.53. The van der Waals surface area contributed by atoms with Gasteiger partial charge in [-0.05, 0) is 68.3 Å². The van der Waals surface area contributed by atoms with Gasteiger partial charge in [-0.1, -0.05) is 43.5 Å². The monoisotopic (exact) mass is 534 g/mol. The molecular formula is C32H50N6O. The Morgan fingerprint density at radius 1 is 0.872 bits per heavy atom. The Morgan fingerprint density at radius 2 is 1.62 bits per heavy atom. The van der Waals surface area contributed by atoms with Crippen LogP contribution in [0.5, 0.6) is 0 Å². The molecule has 0 radical (unpaired) electrons. The van der Waals surface area contributed by atoms with Crippen molar-refractivity contribution in [3.05, 3.63) is 53.6 Å². The standard InChI is InChI=1S/C32H50N6O/c1-2-4-30(5-3-1)38-16-11-32(12-17-38)10-15-37(27-32)25-29-8-6-28(7-9-29)24-36(26-31-33-13-14-34-31)19-18-35-20-22-39-23-21-35/h6-9,13-14,30H,1-5,10-12,15-27H2,(H,33,34). The normalized spacial score (nSPS) is 23.7. The van der Waals surface area contributed by atoms with Crippen molar-refractivity contribution in [2.75, 3.05) is 65.6 Å². The molecule has 0 unspecified atom stereocenters. The Labute approximate surface area is 235 Å². The number of benzene rings is 1. The summed E-state index contributed by atoms with van der Waals surface area (Å²) >= 11 is 0. The van der Waals surface area contributed by atoms with Gasteiger partial charge in [-0.25, -0.2) is 4.98 Å². The van der Waals surface area contributed by atoms with Crippen molar-refractivity contribution in [1.29, 1.82) is 0 Å². The van der Waals surface area contributed by atoms with E-state index in [0.29, 0.717) is 5.41 Å². The number of likely N-dealkylation sites (tertiary alicyclic amines) is 2. The van der Waals surface area contributed by atoms with Gasteiger partial charge in [0, 0.05) is 64.2 Å². The third-order valence-corrected chi connectivity index (χ3v) is 10.1. The van der Waals surface area contributed by atoms with Gasteiger partial charge >= 0.3 is 0 Å². The molecule has 4 heterocycles. The SMILES string of the molecule is c1c[nH]c(CN(CCN2CCOCC2)Cc2ccc(CN3CCC4(CCN(C5CCCCC5)CC4)C3)cc2)n1. The number of piperidine rings is 1. The van der Waals surface area contributed by atoms with Crippen molar-refractivity contribution in [1.82, 2.24) is 29.6 Å². The van der Waals surface area contributed by atoms with E-state index in [2.05, 4.69) is 53.8 Å². The van der Waals surface area contributed by atoms with Crippen molar-refractivity contribution in [3.63, 3.8) is 0 Å². The summed E-state index contributed by atoms with van der Waals surface area (Å²) in [6.45, 7) is 14.1. The summed E-state index contributed by atoms with van der Waals surface area (Å²) in [7, 11) is 0. The van der Waals surface area contributed by atoms with Crippen LogP contribution in [0.3, 0.4) is 0 Å². The molecule has 2 aromatic rings. The van der Waals surface area contributed by atoms with E-state index >= 15 is 0 Å². The first-order valence-corrected chi connectivity index (χ1v) is 15.8. The summed E-state index contributed by atoms with van der Waals surface area (Å²) in [4.78, 5) is 18.4. The van der Waals surface area contributed by atoms with Gasteiger partial charge in [-0.3, -0.25) is 14.7 Å². The summed E-state index contributed by atoms with van der Waals surface area (Å²) in [5.74, 6) is 1.04. The van der Waals surface area contributed by atoms with E-state index in [1.165, 1.54) is 88.7 Å². The summed E-state index contributed by atoms with van der Waals surface area (Å²) < 4.78 is 5.53. The molecule has 1 N–H and O–H groups in total. The van der Waals surface area contributed by atoms with E-state index in [-0.39, 0.29) is 0 Å². The van der Waals surface area contributed by atoms with Crippen molar-refractivity contribution in [2.45, 2.75) is 77.0 Å². The van der Waals surface area contributed by atoms with Crippen LogP contribution in [0.15, 0.2) is 36.7 Å². The van der Waals surface area contributed by atoms with Gasteiger partial charge in [0.2, 0.25) is 0 Å². The molecule has 4 fully saturated rings. The van der Waals surface area contributed by atoms with Gasteiger partial charge in [0.25, 0.3) is 0 Å². The highest BCUT2D eigenvalue weighted by molar-refractivity contribution is 5.23. The number of hydrogen-bond acceptors (Lipinski definition) is 6. The maximum atomic E-state index is 5.53. The van der Waals surface area contributed by atoms with Crippen LogP contribution in [0.4, 0.5) is 0 Å². The number of morpholine rings is 1. The Bertz CT molecular complexity index is 975. The van der Waals surface area contributed by atoms with Crippen LogP contribution < -0.4 is 0 Å². The Balaban J connectivity index is 0.984. The highest BCUT2D eigenvalue weighted by Crippen LogP contribution is 2.42. The molecule has 0 amide bonds. The highest BCUT2D eigenvalue weighted by atomic mass is 16.5. The fourth-order valence-electron chi connectivity index (χ4n) is 7.56. The van der Waals surface area contributed by atoms with E-state index in [0.717, 1.165) is 70.9 Å². The summed E-state index contributed by atoms with van der Waals surface area (Å²) in [5.41, 5.74) is 3.43. The van der Waals surface area contributed by atoms with Crippen molar-refractivity contribution in [3.8, 4) is 0 Å². The van der Waals surface area contributed by atoms with Gasteiger partial charge in [0.15, 0.2) is 0 Å². The van der Waals surface area contributed by atoms with Crippen LogP contribution >= 0.6 is 0 Å². The lowest BCUT2D eigenvalue weighted by atomic mass is 9.77. The summed E-state index contributed by atoms with van der Waals surface area (Å²) in [5, 5.41) is 0. The molecule has 0 bridgehead atoms. The molecular weight excluding hydrogens is 484 g/mol. The fraction of sp³-hybridized carbons (Fsp3) is 0.719. The van der Waals surface area contributed by atoms with Gasteiger partial charge in [-0.15, -0.1) is 0 Å². The van der Waals surface area contributed by atoms with E-state index < -0.39 is 0 Å². The highest BCUT2D eigenvalue weighted by Gasteiger charge is 2.41. The Hall–Kier alpha value is -1.77. The van der Waals surface area contributed by atoms with E-state index in [9.17, 15) is 0 Å². The number of nitrogens with one attached hydrogen (secondary N) is 1. The minimum atomic E-state index is 0.581. The van der Waals surface area contributed by atoms with Crippen LogP contribution in [0.2, 0.25) is 0 Å². The number of H-pyrrole nitrogens is 1. The molecule has 0 atom stereocenters. The number of imidazole rings is 1. The molecule has 4 aliphatic rings. The molecule has 1 aromatic carbocycles. The molecule has 1 aliphatic carbocycles. The van der Waals surface area contributed by atoms with Crippen molar-refractivity contribution in [2.24, 2.45) is 5.41 Å². The quantitative estimate of drug-likeness (QED) is 0.489. The third kappa shape index (κ3) is 7.50. The van der Waals surface area contributed by atoms with Crippen LogP contribution in [0.1, 0.15) is 68.3 Å². The molecule has 214 valence electrons. The number of nitrogens with zero attached hydrogens (tertiary/aromatic N) is 5. The van der Waals surface area contributed by atoms with Gasteiger partial charge in [-0.2, -0.15) is 0 Å². The summed E-state index contributed by atoms with van der Waals surface area (Å²) in [6, 6.07) is 10.3. The van der Waals surface area contributed by atoms with Gasteiger partial charge < -0.3 is 14.6 Å². The second-order valence-corrected chi connectivity index (χ2v) is 12.8. The number of aromatic nitrogens is 2. The van der Waals surface area contributed by atoms with E-state index in [1.54, 1.807) is 0 Å². The average molecular weight is 535 g/mol.